The molecule has 130 valence electrons. The molecule has 0 N–H and O–H groups in total. The van der Waals surface area contributed by atoms with Crippen molar-refractivity contribution in [3.8, 4) is 23.7 Å². The van der Waals surface area contributed by atoms with Gasteiger partial charge in [-0.2, -0.15) is 0 Å². The van der Waals surface area contributed by atoms with Crippen LogP contribution < -0.4 is 0 Å². The van der Waals surface area contributed by atoms with Gasteiger partial charge in [0.25, 0.3) is 0 Å². The summed E-state index contributed by atoms with van der Waals surface area (Å²) < 4.78 is 6.64. The largest absolute Gasteiger partial charge is 0.403 e. The Bertz CT molecular complexity index is 663. The number of fused-ring (bicyclic) bond motifs is 1. The third-order valence-corrected chi connectivity index (χ3v) is 9.79. The van der Waals surface area contributed by atoms with E-state index in [9.17, 15) is 0 Å². The monoisotopic (exact) mass is 340 g/mol. The molecule has 0 radical (unpaired) electrons. The van der Waals surface area contributed by atoms with Crippen LogP contribution in [0.1, 0.15) is 60.3 Å². The first-order chi connectivity index (χ1) is 11.0. The van der Waals surface area contributed by atoms with Gasteiger partial charge in [-0.1, -0.05) is 50.5 Å². The Labute approximate surface area is 150 Å². The second kappa shape index (κ2) is 6.95. The van der Waals surface area contributed by atoms with E-state index >= 15 is 0 Å². The number of hydrogen-bond donors (Lipinski definition) is 0. The zero-order valence-corrected chi connectivity index (χ0v) is 17.5. The van der Waals surface area contributed by atoms with Gasteiger partial charge in [-0.3, -0.25) is 0 Å². The molecule has 0 heterocycles. The highest BCUT2D eigenvalue weighted by Crippen LogP contribution is 2.38. The van der Waals surface area contributed by atoms with Crippen molar-refractivity contribution in [2.75, 3.05) is 0 Å². The summed E-state index contributed by atoms with van der Waals surface area (Å²) in [5.41, 5.74) is 2.37. The van der Waals surface area contributed by atoms with Crippen LogP contribution in [0.4, 0.5) is 0 Å². The van der Waals surface area contributed by atoms with Gasteiger partial charge < -0.3 is 4.43 Å². The predicted molar refractivity (Wildman–Crippen MR) is 106 cm³/mol. The lowest BCUT2D eigenvalue weighted by atomic mass is 9.86. The highest BCUT2D eigenvalue weighted by molar-refractivity contribution is 6.74. The Morgan fingerprint density at radius 1 is 1.25 bits per heavy atom. The zero-order chi connectivity index (χ0) is 18.0. The lowest BCUT2D eigenvalue weighted by molar-refractivity contribution is 0.189. The summed E-state index contributed by atoms with van der Waals surface area (Å²) in [5, 5.41) is 0.189. The van der Waals surface area contributed by atoms with Crippen molar-refractivity contribution in [3.05, 3.63) is 23.3 Å². The molecule has 1 unspecified atom stereocenters. The van der Waals surface area contributed by atoms with E-state index in [2.05, 4.69) is 83.5 Å². The second-order valence-corrected chi connectivity index (χ2v) is 13.9. The fraction of sp³-hybridized carbons (Fsp3) is 0.636. The topological polar surface area (TPSA) is 9.23 Å². The third kappa shape index (κ3) is 4.89. The van der Waals surface area contributed by atoms with Crippen molar-refractivity contribution in [1.82, 2.24) is 0 Å². The third-order valence-electron chi connectivity index (χ3n) is 5.31. The van der Waals surface area contributed by atoms with Crippen molar-refractivity contribution in [3.63, 3.8) is 0 Å². The maximum Gasteiger partial charge on any atom is 0.193 e. The Hall–Kier alpha value is -1.22. The van der Waals surface area contributed by atoms with Gasteiger partial charge in [0.05, 0.1) is 0 Å². The van der Waals surface area contributed by atoms with Crippen molar-refractivity contribution in [2.45, 2.75) is 84.5 Å². The number of allylic oxidation sites excluding steroid dienone is 4. The highest BCUT2D eigenvalue weighted by Gasteiger charge is 2.39. The van der Waals surface area contributed by atoms with E-state index in [0.29, 0.717) is 0 Å². The molecule has 0 aliphatic heterocycles. The van der Waals surface area contributed by atoms with E-state index in [1.807, 2.05) is 0 Å². The van der Waals surface area contributed by atoms with Gasteiger partial charge in [-0.25, -0.2) is 0 Å². The Morgan fingerprint density at radius 3 is 2.62 bits per heavy atom. The van der Waals surface area contributed by atoms with Crippen LogP contribution in [0, 0.1) is 29.1 Å². The molecule has 2 rings (SSSR count). The molecular weight excluding hydrogens is 308 g/mol. The van der Waals surface area contributed by atoms with Crippen molar-refractivity contribution in [1.29, 1.82) is 0 Å². The summed E-state index contributed by atoms with van der Waals surface area (Å²) in [7, 11) is -1.85. The normalized spacial score (nSPS) is 25.7. The van der Waals surface area contributed by atoms with Crippen LogP contribution in [-0.4, -0.2) is 14.4 Å². The molecule has 2 aliphatic rings. The van der Waals surface area contributed by atoms with Gasteiger partial charge in [-0.05, 0) is 69.3 Å². The highest BCUT2D eigenvalue weighted by atomic mass is 28.4. The van der Waals surface area contributed by atoms with Crippen LogP contribution in [0.2, 0.25) is 18.1 Å². The standard InChI is InChI=1S/C22H32OSi/c1-21(2,3)24(6,7)23-20-15-14-19-12-9-8-11-18(19)13-10-16-22(4,5)17-20/h12-13,20H,8-9,11,17H2,1-7H3/b18-13-. The van der Waals surface area contributed by atoms with Gasteiger partial charge in [0.2, 0.25) is 0 Å². The summed E-state index contributed by atoms with van der Waals surface area (Å²) in [4.78, 5) is 0. The van der Waals surface area contributed by atoms with Gasteiger partial charge in [-0.15, -0.1) is 0 Å². The predicted octanol–water partition coefficient (Wildman–Crippen LogP) is 5.85. The number of hydrogen-bond acceptors (Lipinski definition) is 1. The molecule has 0 saturated carbocycles. The molecule has 0 amide bonds. The number of rotatable bonds is 2. The van der Waals surface area contributed by atoms with Crippen LogP contribution >= 0.6 is 0 Å². The van der Waals surface area contributed by atoms with E-state index in [-0.39, 0.29) is 16.6 Å². The molecule has 0 aromatic rings. The van der Waals surface area contributed by atoms with Crippen LogP contribution in [0.25, 0.3) is 0 Å². The molecule has 0 aromatic carbocycles. The summed E-state index contributed by atoms with van der Waals surface area (Å²) in [6.45, 7) is 15.8. The van der Waals surface area contributed by atoms with E-state index in [4.69, 9.17) is 4.43 Å². The van der Waals surface area contributed by atoms with Crippen LogP contribution in [-0.2, 0) is 4.43 Å². The van der Waals surface area contributed by atoms with Gasteiger partial charge in [0.1, 0.15) is 6.10 Å². The first-order valence-corrected chi connectivity index (χ1v) is 12.0. The Morgan fingerprint density at radius 2 is 1.96 bits per heavy atom. The molecule has 0 fully saturated rings. The maximum atomic E-state index is 6.64. The van der Waals surface area contributed by atoms with E-state index in [0.717, 1.165) is 19.3 Å². The Kier molecular flexibility index (Phi) is 5.53. The molecule has 1 nitrogen and oxygen atoms in total. The average Bonchev–Trinajstić information content (AvgIpc) is 2.43. The molecule has 0 spiro atoms. The van der Waals surface area contributed by atoms with E-state index < -0.39 is 8.32 Å². The first kappa shape index (κ1) is 19.1. The summed E-state index contributed by atoms with van der Waals surface area (Å²) in [6, 6.07) is 0. The van der Waals surface area contributed by atoms with Crippen molar-refractivity contribution in [2.24, 2.45) is 5.41 Å². The van der Waals surface area contributed by atoms with Crippen LogP contribution in [0.15, 0.2) is 23.3 Å². The Balaban J connectivity index is 2.37. The smallest absolute Gasteiger partial charge is 0.193 e. The first-order valence-electron chi connectivity index (χ1n) is 9.12. The van der Waals surface area contributed by atoms with Gasteiger partial charge in [0.15, 0.2) is 8.32 Å². The summed E-state index contributed by atoms with van der Waals surface area (Å²) in [5.74, 6) is 13.6. The van der Waals surface area contributed by atoms with Crippen LogP contribution in [0.5, 0.6) is 0 Å². The SMILES string of the molecule is CC1(C)C#C/C=C2/CCCC=C2C#CC(O[Si](C)(C)C(C)(C)C)C1. The minimum absolute atomic E-state index is 0.0441. The van der Waals surface area contributed by atoms with Crippen LogP contribution in [0.3, 0.4) is 0 Å². The molecular formula is C22H32OSi. The summed E-state index contributed by atoms with van der Waals surface area (Å²) in [6.07, 6.45) is 8.56. The van der Waals surface area contributed by atoms with E-state index in [1.165, 1.54) is 17.6 Å². The van der Waals surface area contributed by atoms with E-state index in [1.54, 1.807) is 0 Å². The second-order valence-electron chi connectivity index (χ2n) is 9.17. The molecule has 0 saturated heterocycles. The minimum atomic E-state index is -1.85. The van der Waals surface area contributed by atoms with Gasteiger partial charge >= 0.3 is 0 Å². The molecule has 1 atom stereocenters. The molecule has 0 aromatic heterocycles. The molecule has 2 aliphatic carbocycles. The quantitative estimate of drug-likeness (QED) is 0.452. The lowest BCUT2D eigenvalue weighted by Gasteiger charge is -2.39. The van der Waals surface area contributed by atoms with Crippen molar-refractivity contribution >= 4 is 8.32 Å². The fourth-order valence-electron chi connectivity index (χ4n) is 2.73. The molecule has 2 heteroatoms. The molecule has 24 heavy (non-hydrogen) atoms. The van der Waals surface area contributed by atoms with Crippen molar-refractivity contribution < 1.29 is 4.43 Å². The zero-order valence-electron chi connectivity index (χ0n) is 16.5. The van der Waals surface area contributed by atoms with Gasteiger partial charge in [0, 0.05) is 11.0 Å². The minimum Gasteiger partial charge on any atom is -0.403 e. The molecule has 0 bridgehead atoms. The average molecular weight is 341 g/mol. The fourth-order valence-corrected chi connectivity index (χ4v) is 3.94. The summed E-state index contributed by atoms with van der Waals surface area (Å²) >= 11 is 0. The lowest BCUT2D eigenvalue weighted by Crippen LogP contribution is -2.44. The maximum absolute atomic E-state index is 6.64.